The Balaban J connectivity index is 1.72. The molecule has 0 heterocycles. The van der Waals surface area contributed by atoms with Crippen LogP contribution in [0.5, 0.6) is 5.75 Å². The van der Waals surface area contributed by atoms with Crippen LogP contribution >= 0.6 is 0 Å². The molecule has 0 amide bonds. The van der Waals surface area contributed by atoms with E-state index in [9.17, 15) is 5.11 Å². The number of nitrogens with one attached hydrogen (secondary N) is 1. The van der Waals surface area contributed by atoms with E-state index >= 15 is 0 Å². The SMILES string of the molecule is C[C@H](NCC[C@@H](c1ccccc1)c1ccccc1O)c1ccccc1. The van der Waals surface area contributed by atoms with E-state index in [-0.39, 0.29) is 5.92 Å². The summed E-state index contributed by atoms with van der Waals surface area (Å²) in [6.07, 6.45) is 0.929. The first kappa shape index (κ1) is 17.2. The van der Waals surface area contributed by atoms with Crippen molar-refractivity contribution in [1.29, 1.82) is 0 Å². The topological polar surface area (TPSA) is 32.3 Å². The number of hydrogen-bond donors (Lipinski definition) is 2. The van der Waals surface area contributed by atoms with Gasteiger partial charge >= 0.3 is 0 Å². The molecule has 25 heavy (non-hydrogen) atoms. The second-order valence-electron chi connectivity index (χ2n) is 6.40. The van der Waals surface area contributed by atoms with Gasteiger partial charge in [-0.25, -0.2) is 0 Å². The van der Waals surface area contributed by atoms with Crippen molar-refractivity contribution in [1.82, 2.24) is 5.32 Å². The fourth-order valence-electron chi connectivity index (χ4n) is 3.27. The average Bonchev–Trinajstić information content (AvgIpc) is 2.67. The monoisotopic (exact) mass is 331 g/mol. The maximum absolute atomic E-state index is 10.3. The summed E-state index contributed by atoms with van der Waals surface area (Å²) in [5.41, 5.74) is 3.52. The highest BCUT2D eigenvalue weighted by Crippen LogP contribution is 2.33. The molecule has 2 heteroatoms. The Morgan fingerprint density at radius 2 is 1.32 bits per heavy atom. The molecule has 0 radical (unpaired) electrons. The summed E-state index contributed by atoms with van der Waals surface area (Å²) in [6.45, 7) is 3.07. The first-order valence-electron chi connectivity index (χ1n) is 8.87. The van der Waals surface area contributed by atoms with Crippen LogP contribution in [0.4, 0.5) is 0 Å². The molecule has 0 saturated carbocycles. The minimum atomic E-state index is 0.179. The Bertz CT molecular complexity index is 770. The van der Waals surface area contributed by atoms with E-state index in [0.717, 1.165) is 18.5 Å². The van der Waals surface area contributed by atoms with Gasteiger partial charge in [-0.05, 0) is 37.1 Å². The van der Waals surface area contributed by atoms with Gasteiger partial charge in [0.1, 0.15) is 5.75 Å². The molecule has 0 aromatic heterocycles. The van der Waals surface area contributed by atoms with Crippen LogP contribution in [0.2, 0.25) is 0 Å². The lowest BCUT2D eigenvalue weighted by atomic mass is 9.88. The Labute approximate surface area is 150 Å². The standard InChI is InChI=1S/C23H25NO/c1-18(19-10-4-2-5-11-19)24-17-16-21(20-12-6-3-7-13-20)22-14-8-9-15-23(22)25/h2-15,18,21,24-25H,16-17H2,1H3/t18-,21-/m0/s1. The number of rotatable bonds is 7. The number of hydrogen-bond acceptors (Lipinski definition) is 2. The third-order valence-electron chi connectivity index (χ3n) is 4.70. The Morgan fingerprint density at radius 3 is 1.96 bits per heavy atom. The lowest BCUT2D eigenvalue weighted by Gasteiger charge is -2.21. The number of phenolic OH excluding ortho intramolecular Hbond substituents is 1. The quantitative estimate of drug-likeness (QED) is 0.618. The fourth-order valence-corrected chi connectivity index (χ4v) is 3.27. The summed E-state index contributed by atoms with van der Waals surface area (Å²) in [5.74, 6) is 0.547. The summed E-state index contributed by atoms with van der Waals surface area (Å²) in [6, 6.07) is 28.9. The van der Waals surface area contributed by atoms with Crippen LogP contribution in [0.25, 0.3) is 0 Å². The summed E-state index contributed by atoms with van der Waals surface area (Å²) < 4.78 is 0. The normalized spacial score (nSPS) is 13.3. The molecule has 2 atom stereocenters. The summed E-state index contributed by atoms with van der Waals surface area (Å²) in [7, 11) is 0. The molecular weight excluding hydrogens is 306 g/mol. The molecule has 0 fully saturated rings. The minimum Gasteiger partial charge on any atom is -0.508 e. The third kappa shape index (κ3) is 4.49. The van der Waals surface area contributed by atoms with Crippen LogP contribution in [0, 0.1) is 0 Å². The van der Waals surface area contributed by atoms with E-state index in [4.69, 9.17) is 0 Å². The van der Waals surface area contributed by atoms with Crippen molar-refractivity contribution >= 4 is 0 Å². The van der Waals surface area contributed by atoms with Gasteiger partial charge in [-0.3, -0.25) is 0 Å². The largest absolute Gasteiger partial charge is 0.508 e. The number of phenols is 1. The maximum atomic E-state index is 10.3. The zero-order chi connectivity index (χ0) is 17.5. The zero-order valence-electron chi connectivity index (χ0n) is 14.6. The van der Waals surface area contributed by atoms with Crippen molar-refractivity contribution in [2.75, 3.05) is 6.54 Å². The molecule has 3 aromatic carbocycles. The maximum Gasteiger partial charge on any atom is 0.119 e. The average molecular weight is 331 g/mol. The predicted molar refractivity (Wildman–Crippen MR) is 104 cm³/mol. The highest BCUT2D eigenvalue weighted by molar-refractivity contribution is 5.41. The predicted octanol–water partition coefficient (Wildman–Crippen LogP) is 5.27. The van der Waals surface area contributed by atoms with Crippen molar-refractivity contribution in [3.8, 4) is 5.75 Å². The van der Waals surface area contributed by atoms with Gasteiger partial charge in [0.05, 0.1) is 0 Å². The Hall–Kier alpha value is -2.58. The van der Waals surface area contributed by atoms with Crippen LogP contribution in [-0.2, 0) is 0 Å². The minimum absolute atomic E-state index is 0.179. The van der Waals surface area contributed by atoms with Crippen LogP contribution in [0.1, 0.15) is 42.0 Å². The van der Waals surface area contributed by atoms with Gasteiger partial charge in [-0.2, -0.15) is 0 Å². The lowest BCUT2D eigenvalue weighted by Crippen LogP contribution is -2.21. The second-order valence-corrected chi connectivity index (χ2v) is 6.40. The van der Waals surface area contributed by atoms with Gasteiger partial charge < -0.3 is 10.4 Å². The number of para-hydroxylation sites is 1. The first-order chi connectivity index (χ1) is 12.3. The molecule has 0 aliphatic carbocycles. The molecule has 0 aliphatic rings. The lowest BCUT2D eigenvalue weighted by molar-refractivity contribution is 0.459. The van der Waals surface area contributed by atoms with E-state index < -0.39 is 0 Å². The van der Waals surface area contributed by atoms with E-state index in [1.165, 1.54) is 11.1 Å². The highest BCUT2D eigenvalue weighted by atomic mass is 16.3. The van der Waals surface area contributed by atoms with E-state index in [0.29, 0.717) is 11.8 Å². The molecule has 0 saturated heterocycles. The molecule has 3 aromatic rings. The smallest absolute Gasteiger partial charge is 0.119 e. The van der Waals surface area contributed by atoms with E-state index in [1.54, 1.807) is 6.07 Å². The highest BCUT2D eigenvalue weighted by Gasteiger charge is 2.17. The zero-order valence-corrected chi connectivity index (χ0v) is 14.6. The second kappa shape index (κ2) is 8.50. The number of aromatic hydroxyl groups is 1. The van der Waals surface area contributed by atoms with Crippen LogP contribution in [-0.4, -0.2) is 11.7 Å². The molecule has 0 unspecified atom stereocenters. The molecule has 3 rings (SSSR count). The van der Waals surface area contributed by atoms with Gasteiger partial charge in [0.25, 0.3) is 0 Å². The van der Waals surface area contributed by atoms with Gasteiger partial charge in [-0.1, -0.05) is 78.9 Å². The van der Waals surface area contributed by atoms with Crippen LogP contribution < -0.4 is 5.32 Å². The van der Waals surface area contributed by atoms with Gasteiger partial charge in [0, 0.05) is 17.5 Å². The van der Waals surface area contributed by atoms with Crippen molar-refractivity contribution in [3.05, 3.63) is 102 Å². The fraction of sp³-hybridized carbons (Fsp3) is 0.217. The summed E-state index contributed by atoms with van der Waals surface area (Å²) in [4.78, 5) is 0. The van der Waals surface area contributed by atoms with Crippen molar-refractivity contribution < 1.29 is 5.11 Å². The van der Waals surface area contributed by atoms with Gasteiger partial charge in [-0.15, -0.1) is 0 Å². The van der Waals surface area contributed by atoms with E-state index in [2.05, 4.69) is 60.8 Å². The molecule has 2 nitrogen and oxygen atoms in total. The van der Waals surface area contributed by atoms with Crippen molar-refractivity contribution in [3.63, 3.8) is 0 Å². The molecule has 0 spiro atoms. The number of benzene rings is 3. The Morgan fingerprint density at radius 1 is 0.760 bits per heavy atom. The van der Waals surface area contributed by atoms with Crippen LogP contribution in [0.3, 0.4) is 0 Å². The molecule has 128 valence electrons. The molecule has 0 aliphatic heterocycles. The third-order valence-corrected chi connectivity index (χ3v) is 4.70. The molecule has 0 bridgehead atoms. The van der Waals surface area contributed by atoms with Gasteiger partial charge in [0.15, 0.2) is 0 Å². The van der Waals surface area contributed by atoms with Crippen molar-refractivity contribution in [2.45, 2.75) is 25.3 Å². The summed E-state index contributed by atoms with van der Waals surface area (Å²) in [5, 5.41) is 13.9. The summed E-state index contributed by atoms with van der Waals surface area (Å²) >= 11 is 0. The van der Waals surface area contributed by atoms with Crippen molar-refractivity contribution in [2.24, 2.45) is 0 Å². The molecule has 2 N–H and O–H groups in total. The van der Waals surface area contributed by atoms with Gasteiger partial charge in [0.2, 0.25) is 0 Å². The molecular formula is C23H25NO. The van der Waals surface area contributed by atoms with Crippen LogP contribution in [0.15, 0.2) is 84.9 Å². The Kier molecular flexibility index (Phi) is 5.86. The van der Waals surface area contributed by atoms with E-state index in [1.807, 2.05) is 30.3 Å². The first-order valence-corrected chi connectivity index (χ1v) is 8.87.